The average molecular weight is 399 g/mol. The van der Waals surface area contributed by atoms with E-state index in [0.29, 0.717) is 0 Å². The normalized spacial score (nSPS) is 19.5. The third kappa shape index (κ3) is 3.04. The molecule has 0 spiro atoms. The van der Waals surface area contributed by atoms with E-state index in [1.165, 1.54) is 22.8 Å². The second-order valence-electron chi connectivity index (χ2n) is 5.73. The number of anilines is 1. The van der Waals surface area contributed by atoms with Gasteiger partial charge in [0.15, 0.2) is 0 Å². The largest absolute Gasteiger partial charge is 0.440 e. The van der Waals surface area contributed by atoms with Gasteiger partial charge in [0.05, 0.1) is 11.3 Å². The molecule has 0 aromatic heterocycles. The molecule has 0 aliphatic carbocycles. The van der Waals surface area contributed by atoms with Gasteiger partial charge < -0.3 is 5.32 Å². The highest BCUT2D eigenvalue weighted by Crippen LogP contribution is 2.36. The number of nitrogens with one attached hydrogen (secondary N) is 2. The highest BCUT2D eigenvalue weighted by atomic mass is 19.4. The van der Waals surface area contributed by atoms with Crippen molar-refractivity contribution in [3.8, 4) is 0 Å². The summed E-state index contributed by atoms with van der Waals surface area (Å²) in [5.74, 6) is -5.30. The Morgan fingerprint density at radius 2 is 1.61 bits per heavy atom. The number of hydrogen-bond donors (Lipinski definition) is 2. The molecule has 2 aromatic carbocycles. The van der Waals surface area contributed by atoms with Gasteiger partial charge in [-0.1, -0.05) is 12.1 Å². The quantitative estimate of drug-likeness (QED) is 0.616. The Kier molecular flexibility index (Phi) is 4.53. The zero-order chi connectivity index (χ0) is 20.7. The maximum absolute atomic E-state index is 13.7. The number of urea groups is 1. The van der Waals surface area contributed by atoms with Crippen LogP contribution >= 0.6 is 0 Å². The summed E-state index contributed by atoms with van der Waals surface area (Å²) in [5.41, 5.74) is -4.93. The number of carbonyl (C=O) groups excluding carboxylic acids is 3. The second kappa shape index (κ2) is 6.59. The van der Waals surface area contributed by atoms with Crippen LogP contribution in [-0.2, 0) is 4.79 Å². The van der Waals surface area contributed by atoms with Crippen LogP contribution < -0.4 is 15.5 Å². The number of carbonyl (C=O) groups is 3. The minimum absolute atomic E-state index is 0.106. The van der Waals surface area contributed by atoms with Gasteiger partial charge in [0, 0.05) is 0 Å². The van der Waals surface area contributed by atoms with Gasteiger partial charge >= 0.3 is 12.2 Å². The lowest BCUT2D eigenvalue weighted by atomic mass is 10.1. The van der Waals surface area contributed by atoms with E-state index in [1.807, 2.05) is 0 Å². The van der Waals surface area contributed by atoms with E-state index in [9.17, 15) is 36.3 Å². The van der Waals surface area contributed by atoms with Gasteiger partial charge in [0.2, 0.25) is 0 Å². The minimum atomic E-state index is -5.46. The lowest BCUT2D eigenvalue weighted by molar-refractivity contribution is -0.197. The van der Waals surface area contributed by atoms with Gasteiger partial charge in [-0.25, -0.2) is 18.5 Å². The van der Waals surface area contributed by atoms with Crippen LogP contribution in [0.5, 0.6) is 0 Å². The number of nitrogens with zero attached hydrogens (tertiary/aromatic N) is 1. The second-order valence-corrected chi connectivity index (χ2v) is 5.73. The lowest BCUT2D eigenvalue weighted by Crippen LogP contribution is -2.69. The Morgan fingerprint density at radius 1 is 1.00 bits per heavy atom. The van der Waals surface area contributed by atoms with Crippen molar-refractivity contribution in [1.82, 2.24) is 10.6 Å². The maximum atomic E-state index is 13.7. The molecule has 1 atom stereocenters. The predicted molar refractivity (Wildman–Crippen MR) is 85.1 cm³/mol. The van der Waals surface area contributed by atoms with Crippen LogP contribution in [0, 0.1) is 11.6 Å². The molecule has 6 nitrogen and oxygen atoms in total. The van der Waals surface area contributed by atoms with Crippen LogP contribution in [0.25, 0.3) is 0 Å². The number of alkyl halides is 3. The van der Waals surface area contributed by atoms with Crippen LogP contribution in [-0.4, -0.2) is 29.7 Å². The molecule has 1 saturated heterocycles. The SMILES string of the molecule is O=C(N[C@@]1(C(F)(F)F)NC(=O)N(c2ccc(F)cc2)C1=O)c1ccccc1F. The lowest BCUT2D eigenvalue weighted by Gasteiger charge is -2.29. The summed E-state index contributed by atoms with van der Waals surface area (Å²) in [4.78, 5) is 36.9. The Balaban J connectivity index is 2.02. The van der Waals surface area contributed by atoms with E-state index >= 15 is 0 Å². The van der Waals surface area contributed by atoms with Crippen LogP contribution in [0.3, 0.4) is 0 Å². The topological polar surface area (TPSA) is 78.5 Å². The summed E-state index contributed by atoms with van der Waals surface area (Å²) in [6.45, 7) is 0. The van der Waals surface area contributed by atoms with Crippen molar-refractivity contribution in [3.05, 3.63) is 65.7 Å². The zero-order valence-corrected chi connectivity index (χ0v) is 13.7. The number of halogens is 5. The summed E-state index contributed by atoms with van der Waals surface area (Å²) in [6, 6.07) is 6.17. The van der Waals surface area contributed by atoms with Crippen molar-refractivity contribution in [2.45, 2.75) is 11.8 Å². The molecule has 1 heterocycles. The molecule has 3 rings (SSSR count). The van der Waals surface area contributed by atoms with Gasteiger partial charge in [0.1, 0.15) is 11.6 Å². The summed E-state index contributed by atoms with van der Waals surface area (Å²) in [6.07, 6.45) is -5.46. The molecule has 146 valence electrons. The van der Waals surface area contributed by atoms with Crippen molar-refractivity contribution < 1.29 is 36.3 Å². The first kappa shape index (κ1) is 19.3. The molecule has 0 unspecified atom stereocenters. The van der Waals surface area contributed by atoms with Crippen molar-refractivity contribution in [3.63, 3.8) is 0 Å². The number of imide groups is 1. The van der Waals surface area contributed by atoms with Gasteiger partial charge in [-0.15, -0.1) is 0 Å². The number of benzene rings is 2. The minimum Gasteiger partial charge on any atom is -0.314 e. The third-order valence-corrected chi connectivity index (χ3v) is 3.95. The fourth-order valence-electron chi connectivity index (χ4n) is 2.59. The van der Waals surface area contributed by atoms with Crippen LogP contribution in [0.15, 0.2) is 48.5 Å². The van der Waals surface area contributed by atoms with Gasteiger partial charge in [-0.05, 0) is 36.4 Å². The molecule has 0 radical (unpaired) electrons. The standard InChI is InChI=1S/C17H10F5N3O3/c18-9-5-7-10(8-6-9)25-14(27)16(17(20,21)22,24-15(25)28)23-13(26)11-3-1-2-4-12(11)19/h1-8H,(H,23,26)(H,24,28)/t16-/m1/s1. The van der Waals surface area contributed by atoms with E-state index in [4.69, 9.17) is 0 Å². The third-order valence-electron chi connectivity index (χ3n) is 3.95. The highest BCUT2D eigenvalue weighted by Gasteiger charge is 2.69. The molecule has 1 aliphatic heterocycles. The molecule has 11 heteroatoms. The zero-order valence-electron chi connectivity index (χ0n) is 13.7. The van der Waals surface area contributed by atoms with Crippen LogP contribution in [0.2, 0.25) is 0 Å². The van der Waals surface area contributed by atoms with E-state index < -0.39 is 46.9 Å². The molecule has 2 N–H and O–H groups in total. The molecular weight excluding hydrogens is 389 g/mol. The van der Waals surface area contributed by atoms with Crippen LogP contribution in [0.1, 0.15) is 10.4 Å². The number of amides is 4. The van der Waals surface area contributed by atoms with Crippen molar-refractivity contribution in [1.29, 1.82) is 0 Å². The van der Waals surface area contributed by atoms with Gasteiger partial charge in [0.25, 0.3) is 17.5 Å². The first-order valence-electron chi connectivity index (χ1n) is 7.63. The Hall–Kier alpha value is -3.50. The summed E-state index contributed by atoms with van der Waals surface area (Å²) in [7, 11) is 0. The molecule has 1 fully saturated rings. The monoisotopic (exact) mass is 399 g/mol. The number of hydrogen-bond acceptors (Lipinski definition) is 3. The fourth-order valence-corrected chi connectivity index (χ4v) is 2.59. The first-order chi connectivity index (χ1) is 13.1. The Morgan fingerprint density at radius 3 is 2.18 bits per heavy atom. The van der Waals surface area contributed by atoms with Gasteiger partial charge in [-0.3, -0.25) is 14.9 Å². The molecule has 1 aliphatic rings. The van der Waals surface area contributed by atoms with Crippen LogP contribution in [0.4, 0.5) is 32.4 Å². The molecule has 28 heavy (non-hydrogen) atoms. The van der Waals surface area contributed by atoms with Crippen molar-refractivity contribution >= 4 is 23.5 Å². The predicted octanol–water partition coefficient (Wildman–Crippen LogP) is 2.71. The summed E-state index contributed by atoms with van der Waals surface area (Å²) >= 11 is 0. The average Bonchev–Trinajstić information content (AvgIpc) is 2.87. The van der Waals surface area contributed by atoms with E-state index in [1.54, 1.807) is 0 Å². The Labute approximate surface area is 153 Å². The van der Waals surface area contributed by atoms with Gasteiger partial charge in [-0.2, -0.15) is 13.2 Å². The molecule has 4 amide bonds. The highest BCUT2D eigenvalue weighted by molar-refractivity contribution is 6.24. The summed E-state index contributed by atoms with van der Waals surface area (Å²) < 4.78 is 68.0. The molecule has 0 saturated carbocycles. The maximum Gasteiger partial charge on any atom is 0.440 e. The Bertz CT molecular complexity index is 961. The molecular formula is C17H10F5N3O3. The summed E-state index contributed by atoms with van der Waals surface area (Å²) in [5, 5.41) is 2.78. The van der Waals surface area contributed by atoms with E-state index in [0.717, 1.165) is 36.4 Å². The van der Waals surface area contributed by atoms with E-state index in [-0.39, 0.29) is 10.6 Å². The molecule has 0 bridgehead atoms. The fraction of sp³-hybridized carbons (Fsp3) is 0.118. The van der Waals surface area contributed by atoms with Crippen molar-refractivity contribution in [2.24, 2.45) is 0 Å². The number of rotatable bonds is 3. The first-order valence-corrected chi connectivity index (χ1v) is 7.63. The van der Waals surface area contributed by atoms with E-state index in [2.05, 4.69) is 0 Å². The van der Waals surface area contributed by atoms with Crippen molar-refractivity contribution in [2.75, 3.05) is 4.90 Å². The molecule has 2 aromatic rings. The smallest absolute Gasteiger partial charge is 0.314 e.